The molecule has 4 heteroatoms. The molecule has 2 heterocycles. The van der Waals surface area contributed by atoms with Crippen molar-refractivity contribution in [3.05, 3.63) is 66.5 Å². The number of rotatable bonds is 6. The topological polar surface area (TPSA) is 45.2 Å². The van der Waals surface area contributed by atoms with Crippen molar-refractivity contribution < 1.29 is 4.79 Å². The number of aromatic nitrogens is 1. The highest BCUT2D eigenvalue weighted by Gasteiger charge is 2.31. The lowest BCUT2D eigenvalue weighted by molar-refractivity contribution is 0.251. The number of unbranched alkanes of at least 4 members (excludes halogenated alkanes) is 1. The SMILES string of the molecule is O=C1NCC(CCCC=Cc2ccccc2)N1c1ccncc1. The Bertz CT molecular complexity index is 655. The van der Waals surface area contributed by atoms with E-state index in [4.69, 9.17) is 0 Å². The highest BCUT2D eigenvalue weighted by Crippen LogP contribution is 2.22. The van der Waals surface area contributed by atoms with E-state index in [0.29, 0.717) is 6.54 Å². The predicted octanol–water partition coefficient (Wildman–Crippen LogP) is 3.86. The van der Waals surface area contributed by atoms with Gasteiger partial charge in [-0.05, 0) is 37.0 Å². The molecule has 1 saturated heterocycles. The molecule has 3 rings (SSSR count). The number of benzene rings is 1. The summed E-state index contributed by atoms with van der Waals surface area (Å²) >= 11 is 0. The molecule has 0 bridgehead atoms. The van der Waals surface area contributed by atoms with Crippen LogP contribution in [0, 0.1) is 0 Å². The molecule has 1 aromatic carbocycles. The number of urea groups is 1. The van der Waals surface area contributed by atoms with Crippen LogP contribution in [-0.2, 0) is 0 Å². The summed E-state index contributed by atoms with van der Waals surface area (Å²) in [7, 11) is 0. The van der Waals surface area contributed by atoms with Crippen molar-refractivity contribution in [2.75, 3.05) is 11.4 Å². The second-order valence-electron chi connectivity index (χ2n) is 5.66. The molecule has 1 aliphatic heterocycles. The summed E-state index contributed by atoms with van der Waals surface area (Å²) in [6.45, 7) is 0.712. The van der Waals surface area contributed by atoms with Gasteiger partial charge in [-0.1, -0.05) is 42.5 Å². The lowest BCUT2D eigenvalue weighted by Gasteiger charge is -2.22. The van der Waals surface area contributed by atoms with E-state index in [1.54, 1.807) is 12.4 Å². The maximum absolute atomic E-state index is 12.0. The zero-order valence-corrected chi connectivity index (χ0v) is 13.1. The van der Waals surface area contributed by atoms with E-state index < -0.39 is 0 Å². The van der Waals surface area contributed by atoms with Crippen LogP contribution in [0.4, 0.5) is 10.5 Å². The first-order chi connectivity index (χ1) is 11.3. The Morgan fingerprint density at radius 2 is 1.96 bits per heavy atom. The summed E-state index contributed by atoms with van der Waals surface area (Å²) in [6.07, 6.45) is 10.9. The van der Waals surface area contributed by atoms with Crippen LogP contribution in [0.25, 0.3) is 6.08 Å². The Balaban J connectivity index is 1.51. The van der Waals surface area contributed by atoms with E-state index in [9.17, 15) is 4.79 Å². The maximum atomic E-state index is 12.0. The predicted molar refractivity (Wildman–Crippen MR) is 93.2 cm³/mol. The number of allylic oxidation sites excluding steroid dienone is 1. The fraction of sp³-hybridized carbons (Fsp3) is 0.263. The molecular formula is C19H21N3O. The summed E-state index contributed by atoms with van der Waals surface area (Å²) < 4.78 is 0. The van der Waals surface area contributed by atoms with Gasteiger partial charge in [0.1, 0.15) is 0 Å². The Morgan fingerprint density at radius 1 is 1.17 bits per heavy atom. The van der Waals surface area contributed by atoms with E-state index in [-0.39, 0.29) is 12.1 Å². The molecule has 118 valence electrons. The van der Waals surface area contributed by atoms with Gasteiger partial charge in [-0.25, -0.2) is 4.79 Å². The molecule has 2 aromatic rings. The molecule has 4 nitrogen and oxygen atoms in total. The average molecular weight is 307 g/mol. The van der Waals surface area contributed by atoms with Crippen LogP contribution < -0.4 is 10.2 Å². The fourth-order valence-corrected chi connectivity index (χ4v) is 2.87. The van der Waals surface area contributed by atoms with Crippen LogP contribution >= 0.6 is 0 Å². The van der Waals surface area contributed by atoms with Gasteiger partial charge in [0.15, 0.2) is 0 Å². The van der Waals surface area contributed by atoms with Gasteiger partial charge in [-0.3, -0.25) is 9.88 Å². The third-order valence-corrected chi connectivity index (χ3v) is 4.03. The largest absolute Gasteiger partial charge is 0.336 e. The van der Waals surface area contributed by atoms with Crippen molar-refractivity contribution in [2.24, 2.45) is 0 Å². The molecule has 1 unspecified atom stereocenters. The molecule has 0 saturated carbocycles. The van der Waals surface area contributed by atoms with Gasteiger partial charge in [0.2, 0.25) is 0 Å². The molecule has 1 aliphatic rings. The number of pyridine rings is 1. The van der Waals surface area contributed by atoms with Crippen molar-refractivity contribution in [3.8, 4) is 0 Å². The van der Waals surface area contributed by atoms with Crippen LogP contribution in [-0.4, -0.2) is 23.6 Å². The monoisotopic (exact) mass is 307 g/mol. The molecule has 0 spiro atoms. The van der Waals surface area contributed by atoms with Gasteiger partial charge in [-0.15, -0.1) is 0 Å². The number of nitrogens with one attached hydrogen (secondary N) is 1. The second-order valence-corrected chi connectivity index (χ2v) is 5.66. The molecule has 2 amide bonds. The molecule has 0 aliphatic carbocycles. The van der Waals surface area contributed by atoms with E-state index in [2.05, 4.69) is 34.6 Å². The third-order valence-electron chi connectivity index (χ3n) is 4.03. The summed E-state index contributed by atoms with van der Waals surface area (Å²) in [5.74, 6) is 0. The lowest BCUT2D eigenvalue weighted by atomic mass is 10.1. The second kappa shape index (κ2) is 7.58. The summed E-state index contributed by atoms with van der Waals surface area (Å²) in [4.78, 5) is 17.9. The number of carbonyl (C=O) groups is 1. The number of amides is 2. The minimum absolute atomic E-state index is 0.0129. The first-order valence-electron chi connectivity index (χ1n) is 8.03. The number of nitrogens with zero attached hydrogens (tertiary/aromatic N) is 2. The van der Waals surface area contributed by atoms with Crippen LogP contribution in [0.5, 0.6) is 0 Å². The molecule has 1 N–H and O–H groups in total. The molecule has 1 fully saturated rings. The zero-order chi connectivity index (χ0) is 15.9. The van der Waals surface area contributed by atoms with E-state index >= 15 is 0 Å². The van der Waals surface area contributed by atoms with Crippen molar-refractivity contribution in [1.29, 1.82) is 0 Å². The highest BCUT2D eigenvalue weighted by atomic mass is 16.2. The Hall–Kier alpha value is -2.62. The molecule has 23 heavy (non-hydrogen) atoms. The van der Waals surface area contributed by atoms with Crippen LogP contribution in [0.15, 0.2) is 60.9 Å². The Morgan fingerprint density at radius 3 is 2.74 bits per heavy atom. The smallest absolute Gasteiger partial charge is 0.322 e. The van der Waals surface area contributed by atoms with E-state index in [1.165, 1.54) is 5.56 Å². The van der Waals surface area contributed by atoms with Gasteiger partial charge < -0.3 is 5.32 Å². The average Bonchev–Trinajstić information content (AvgIpc) is 2.97. The van der Waals surface area contributed by atoms with Gasteiger partial charge in [0.25, 0.3) is 0 Å². The van der Waals surface area contributed by atoms with Crippen molar-refractivity contribution in [2.45, 2.75) is 25.3 Å². The number of hydrogen-bond donors (Lipinski definition) is 1. The maximum Gasteiger partial charge on any atom is 0.322 e. The minimum atomic E-state index is -0.0129. The molecule has 0 radical (unpaired) electrons. The number of anilines is 1. The van der Waals surface area contributed by atoms with Crippen molar-refractivity contribution in [1.82, 2.24) is 10.3 Å². The lowest BCUT2D eigenvalue weighted by Crippen LogP contribution is -2.34. The Kier molecular flexibility index (Phi) is 5.04. The van der Waals surface area contributed by atoms with Crippen LogP contribution in [0.3, 0.4) is 0 Å². The van der Waals surface area contributed by atoms with Crippen molar-refractivity contribution in [3.63, 3.8) is 0 Å². The molecule has 1 atom stereocenters. The first kappa shape index (κ1) is 15.3. The van der Waals surface area contributed by atoms with Crippen LogP contribution in [0.1, 0.15) is 24.8 Å². The number of hydrogen-bond acceptors (Lipinski definition) is 2. The molecular weight excluding hydrogens is 286 g/mol. The van der Waals surface area contributed by atoms with Gasteiger partial charge in [-0.2, -0.15) is 0 Å². The van der Waals surface area contributed by atoms with Gasteiger partial charge in [0, 0.05) is 24.6 Å². The quantitative estimate of drug-likeness (QED) is 0.824. The fourth-order valence-electron chi connectivity index (χ4n) is 2.87. The van der Waals surface area contributed by atoms with E-state index in [0.717, 1.165) is 24.9 Å². The van der Waals surface area contributed by atoms with Gasteiger partial charge in [0.05, 0.1) is 6.04 Å². The summed E-state index contributed by atoms with van der Waals surface area (Å²) in [5.41, 5.74) is 2.14. The minimum Gasteiger partial charge on any atom is -0.336 e. The highest BCUT2D eigenvalue weighted by molar-refractivity contribution is 5.94. The van der Waals surface area contributed by atoms with Crippen molar-refractivity contribution >= 4 is 17.8 Å². The van der Waals surface area contributed by atoms with Crippen LogP contribution in [0.2, 0.25) is 0 Å². The van der Waals surface area contributed by atoms with Gasteiger partial charge >= 0.3 is 6.03 Å². The molecule has 1 aromatic heterocycles. The number of carbonyl (C=O) groups excluding carboxylic acids is 1. The first-order valence-corrected chi connectivity index (χ1v) is 8.03. The standard InChI is InChI=1S/C19H21N3O/c23-19-21-15-18(22(19)17-11-13-20-14-12-17)10-6-2-5-9-16-7-3-1-4-8-16/h1,3-5,7-9,11-14,18H,2,6,10,15H2,(H,21,23). The normalized spacial score (nSPS) is 17.7. The summed E-state index contributed by atoms with van der Waals surface area (Å²) in [5, 5.41) is 2.93. The Labute approximate surface area is 136 Å². The third kappa shape index (κ3) is 3.97. The zero-order valence-electron chi connectivity index (χ0n) is 13.1. The summed E-state index contributed by atoms with van der Waals surface area (Å²) in [6, 6.07) is 14.3. The van der Waals surface area contributed by atoms with E-state index in [1.807, 2.05) is 35.2 Å².